The standard InChI is InChI=1S/C26H24N2O4/c1-28(26(29)15-14-25-27-21-10-6-7-11-22(21)32-25)17-20-12-13-23(24(16-20)30-2)31-18-19-8-4-3-5-9-19/h3-16H,17-18H2,1-2H3/b15-14+. The Hall–Kier alpha value is -4.06. The summed E-state index contributed by atoms with van der Waals surface area (Å²) in [5.74, 6) is 1.52. The van der Waals surface area contributed by atoms with Crippen LogP contribution < -0.4 is 9.47 Å². The summed E-state index contributed by atoms with van der Waals surface area (Å²) in [4.78, 5) is 18.5. The Morgan fingerprint density at radius 2 is 1.78 bits per heavy atom. The third kappa shape index (κ3) is 5.16. The molecule has 0 fully saturated rings. The zero-order valence-corrected chi connectivity index (χ0v) is 18.0. The number of benzene rings is 3. The summed E-state index contributed by atoms with van der Waals surface area (Å²) in [6.07, 6.45) is 3.04. The molecule has 1 amide bonds. The van der Waals surface area contributed by atoms with Crippen molar-refractivity contribution in [2.75, 3.05) is 14.2 Å². The number of amides is 1. The Balaban J connectivity index is 1.38. The Morgan fingerprint density at radius 3 is 2.56 bits per heavy atom. The molecule has 6 heteroatoms. The van der Waals surface area contributed by atoms with Crippen LogP contribution in [0.1, 0.15) is 17.0 Å². The number of aromatic nitrogens is 1. The number of hydrogen-bond acceptors (Lipinski definition) is 5. The molecule has 4 rings (SSSR count). The van der Waals surface area contributed by atoms with Gasteiger partial charge in [0.2, 0.25) is 11.8 Å². The first-order chi connectivity index (χ1) is 15.6. The van der Waals surface area contributed by atoms with Crippen molar-refractivity contribution in [2.45, 2.75) is 13.2 Å². The van der Waals surface area contributed by atoms with Crippen LogP contribution >= 0.6 is 0 Å². The lowest BCUT2D eigenvalue weighted by Gasteiger charge is -2.17. The quantitative estimate of drug-likeness (QED) is 0.366. The minimum absolute atomic E-state index is 0.157. The summed E-state index contributed by atoms with van der Waals surface area (Å²) in [6.45, 7) is 0.877. The fourth-order valence-electron chi connectivity index (χ4n) is 3.25. The molecule has 0 saturated heterocycles. The van der Waals surface area contributed by atoms with Crippen LogP contribution in [0.2, 0.25) is 0 Å². The molecule has 0 N–H and O–H groups in total. The molecule has 32 heavy (non-hydrogen) atoms. The second-order valence-corrected chi connectivity index (χ2v) is 7.31. The predicted octanol–water partition coefficient (Wildman–Crippen LogP) is 5.09. The van der Waals surface area contributed by atoms with Gasteiger partial charge in [0.1, 0.15) is 12.1 Å². The Kier molecular flexibility index (Phi) is 6.51. The van der Waals surface area contributed by atoms with Gasteiger partial charge in [-0.15, -0.1) is 0 Å². The molecule has 6 nitrogen and oxygen atoms in total. The zero-order valence-electron chi connectivity index (χ0n) is 18.0. The fraction of sp³-hybridized carbons (Fsp3) is 0.154. The van der Waals surface area contributed by atoms with Gasteiger partial charge in [-0.05, 0) is 35.4 Å². The summed E-state index contributed by atoms with van der Waals surface area (Å²) in [7, 11) is 3.34. The second kappa shape index (κ2) is 9.83. The summed E-state index contributed by atoms with van der Waals surface area (Å²) < 4.78 is 17.0. The van der Waals surface area contributed by atoms with E-state index >= 15 is 0 Å². The van der Waals surface area contributed by atoms with Gasteiger partial charge in [-0.25, -0.2) is 4.98 Å². The van der Waals surface area contributed by atoms with E-state index in [2.05, 4.69) is 4.98 Å². The highest BCUT2D eigenvalue weighted by Gasteiger charge is 2.11. The monoisotopic (exact) mass is 428 g/mol. The van der Waals surface area contributed by atoms with Crippen molar-refractivity contribution in [3.8, 4) is 11.5 Å². The summed E-state index contributed by atoms with van der Waals surface area (Å²) >= 11 is 0. The van der Waals surface area contributed by atoms with Crippen LogP contribution in [-0.4, -0.2) is 29.9 Å². The molecule has 0 radical (unpaired) electrons. The highest BCUT2D eigenvalue weighted by atomic mass is 16.5. The molecule has 0 saturated carbocycles. The van der Waals surface area contributed by atoms with Crippen LogP contribution in [0.15, 0.2) is 83.3 Å². The van der Waals surface area contributed by atoms with E-state index in [0.717, 1.165) is 16.6 Å². The average molecular weight is 428 g/mol. The molecular formula is C26H24N2O4. The first-order valence-corrected chi connectivity index (χ1v) is 10.2. The van der Waals surface area contributed by atoms with E-state index in [1.807, 2.05) is 72.8 Å². The van der Waals surface area contributed by atoms with E-state index in [1.54, 1.807) is 25.1 Å². The summed E-state index contributed by atoms with van der Waals surface area (Å²) in [5, 5.41) is 0. The number of hydrogen-bond donors (Lipinski definition) is 0. The minimum atomic E-state index is -0.157. The van der Waals surface area contributed by atoms with Crippen LogP contribution in [0.4, 0.5) is 0 Å². The molecule has 0 spiro atoms. The topological polar surface area (TPSA) is 64.8 Å². The number of carbonyl (C=O) groups excluding carboxylic acids is 1. The summed E-state index contributed by atoms with van der Waals surface area (Å²) in [5.41, 5.74) is 3.46. The molecule has 0 unspecified atom stereocenters. The van der Waals surface area contributed by atoms with Gasteiger partial charge in [-0.3, -0.25) is 4.79 Å². The average Bonchev–Trinajstić information content (AvgIpc) is 3.25. The highest BCUT2D eigenvalue weighted by molar-refractivity contribution is 5.91. The first kappa shape index (κ1) is 21.2. The molecule has 162 valence electrons. The third-order valence-corrected chi connectivity index (χ3v) is 4.94. The lowest BCUT2D eigenvalue weighted by Crippen LogP contribution is -2.24. The highest BCUT2D eigenvalue weighted by Crippen LogP contribution is 2.29. The van der Waals surface area contributed by atoms with Crippen LogP contribution in [-0.2, 0) is 17.9 Å². The maximum atomic E-state index is 12.5. The van der Waals surface area contributed by atoms with Crippen LogP contribution in [0.3, 0.4) is 0 Å². The van der Waals surface area contributed by atoms with E-state index in [0.29, 0.717) is 36.1 Å². The number of likely N-dealkylation sites (N-methyl/N-ethyl adjacent to an activating group) is 1. The number of para-hydroxylation sites is 2. The van der Waals surface area contributed by atoms with Gasteiger partial charge >= 0.3 is 0 Å². The number of ether oxygens (including phenoxy) is 2. The SMILES string of the molecule is COc1cc(CN(C)C(=O)/C=C/c2nc3ccccc3o2)ccc1OCc1ccccc1. The Labute approximate surface area is 186 Å². The molecule has 3 aromatic carbocycles. The fourth-order valence-corrected chi connectivity index (χ4v) is 3.25. The van der Waals surface area contributed by atoms with E-state index in [9.17, 15) is 4.79 Å². The molecule has 1 heterocycles. The normalized spacial score (nSPS) is 11.1. The maximum Gasteiger partial charge on any atom is 0.246 e. The van der Waals surface area contributed by atoms with Crippen molar-refractivity contribution >= 4 is 23.1 Å². The molecule has 0 aliphatic carbocycles. The minimum Gasteiger partial charge on any atom is -0.493 e. The van der Waals surface area contributed by atoms with Crippen molar-refractivity contribution < 1.29 is 18.7 Å². The van der Waals surface area contributed by atoms with Crippen molar-refractivity contribution in [2.24, 2.45) is 0 Å². The van der Waals surface area contributed by atoms with E-state index in [-0.39, 0.29) is 5.91 Å². The largest absolute Gasteiger partial charge is 0.493 e. The first-order valence-electron chi connectivity index (χ1n) is 10.2. The van der Waals surface area contributed by atoms with Crippen LogP contribution in [0.25, 0.3) is 17.2 Å². The smallest absolute Gasteiger partial charge is 0.246 e. The van der Waals surface area contributed by atoms with Gasteiger partial charge in [0.05, 0.1) is 7.11 Å². The van der Waals surface area contributed by atoms with Crippen molar-refractivity contribution in [3.05, 3.63) is 95.9 Å². The summed E-state index contributed by atoms with van der Waals surface area (Å²) in [6, 6.07) is 23.1. The van der Waals surface area contributed by atoms with Crippen molar-refractivity contribution in [1.29, 1.82) is 0 Å². The number of fused-ring (bicyclic) bond motifs is 1. The zero-order chi connectivity index (χ0) is 22.3. The maximum absolute atomic E-state index is 12.5. The number of carbonyl (C=O) groups is 1. The lowest BCUT2D eigenvalue weighted by molar-refractivity contribution is -0.125. The number of oxazole rings is 1. The number of methoxy groups -OCH3 is 1. The molecular weight excluding hydrogens is 404 g/mol. The van der Waals surface area contributed by atoms with Crippen LogP contribution in [0.5, 0.6) is 11.5 Å². The van der Waals surface area contributed by atoms with E-state index in [4.69, 9.17) is 13.9 Å². The molecule has 1 aromatic heterocycles. The Morgan fingerprint density at radius 1 is 1.00 bits per heavy atom. The number of rotatable bonds is 8. The third-order valence-electron chi connectivity index (χ3n) is 4.94. The molecule has 0 aliphatic heterocycles. The second-order valence-electron chi connectivity index (χ2n) is 7.31. The lowest BCUT2D eigenvalue weighted by atomic mass is 10.2. The van der Waals surface area contributed by atoms with Gasteiger partial charge in [-0.1, -0.05) is 48.5 Å². The molecule has 4 aromatic rings. The van der Waals surface area contributed by atoms with Gasteiger partial charge in [0.25, 0.3) is 0 Å². The van der Waals surface area contributed by atoms with Gasteiger partial charge < -0.3 is 18.8 Å². The van der Waals surface area contributed by atoms with Gasteiger partial charge in [0.15, 0.2) is 17.1 Å². The van der Waals surface area contributed by atoms with Crippen molar-refractivity contribution in [1.82, 2.24) is 9.88 Å². The van der Waals surface area contributed by atoms with Crippen molar-refractivity contribution in [3.63, 3.8) is 0 Å². The molecule has 0 atom stereocenters. The molecule has 0 bridgehead atoms. The van der Waals surface area contributed by atoms with Crippen LogP contribution in [0, 0.1) is 0 Å². The number of nitrogens with zero attached hydrogens (tertiary/aromatic N) is 2. The van der Waals surface area contributed by atoms with Gasteiger partial charge in [-0.2, -0.15) is 0 Å². The van der Waals surface area contributed by atoms with Gasteiger partial charge in [0, 0.05) is 25.7 Å². The Bertz CT molecular complexity index is 1200. The van der Waals surface area contributed by atoms with E-state index < -0.39 is 0 Å². The van der Waals surface area contributed by atoms with E-state index in [1.165, 1.54) is 6.08 Å². The predicted molar refractivity (Wildman–Crippen MR) is 123 cm³/mol. The molecule has 0 aliphatic rings.